The third kappa shape index (κ3) is 3.15. The summed E-state index contributed by atoms with van der Waals surface area (Å²) < 4.78 is 16.2. The Balaban J connectivity index is 1.61. The van der Waals surface area contributed by atoms with Gasteiger partial charge in [0.2, 0.25) is 0 Å². The van der Waals surface area contributed by atoms with Gasteiger partial charge >= 0.3 is 0 Å². The molecule has 1 spiro atoms. The molecule has 1 heterocycles. The maximum Gasteiger partial charge on any atom is 0.168 e. The Kier molecular flexibility index (Phi) is 4.55. The van der Waals surface area contributed by atoms with Crippen molar-refractivity contribution in [2.24, 2.45) is 0 Å². The smallest absolute Gasteiger partial charge is 0.168 e. The van der Waals surface area contributed by atoms with E-state index in [1.165, 1.54) is 0 Å². The molecular formula is C11H21NO4. The van der Waals surface area contributed by atoms with E-state index in [1.807, 2.05) is 0 Å². The molecule has 2 fully saturated rings. The minimum Gasteiger partial charge on any atom is -0.382 e. The average Bonchev–Trinajstić information content (AvgIpc) is 2.76. The Morgan fingerprint density at radius 1 is 1.19 bits per heavy atom. The van der Waals surface area contributed by atoms with Gasteiger partial charge in [-0.3, -0.25) is 4.84 Å². The first-order valence-corrected chi connectivity index (χ1v) is 5.99. The normalized spacial score (nSPS) is 25.3. The predicted octanol–water partition coefficient (Wildman–Crippen LogP) is 0.840. The number of nitrogens with one attached hydrogen (secondary N) is 1. The van der Waals surface area contributed by atoms with E-state index >= 15 is 0 Å². The van der Waals surface area contributed by atoms with Crippen LogP contribution in [0.15, 0.2) is 0 Å². The first-order valence-electron chi connectivity index (χ1n) is 5.99. The summed E-state index contributed by atoms with van der Waals surface area (Å²) in [5.41, 5.74) is 3.07. The van der Waals surface area contributed by atoms with Crippen LogP contribution in [0.3, 0.4) is 0 Å². The van der Waals surface area contributed by atoms with Crippen LogP contribution >= 0.6 is 0 Å². The molecule has 0 aromatic carbocycles. The molecule has 0 radical (unpaired) electrons. The number of hydroxylamine groups is 1. The number of rotatable bonds is 5. The lowest BCUT2D eigenvalue weighted by Gasteiger charge is -2.35. The maximum absolute atomic E-state index is 5.66. The maximum atomic E-state index is 5.66. The zero-order valence-corrected chi connectivity index (χ0v) is 9.87. The van der Waals surface area contributed by atoms with Gasteiger partial charge in [-0.15, -0.1) is 0 Å². The summed E-state index contributed by atoms with van der Waals surface area (Å²) in [6.45, 7) is 2.69. The van der Waals surface area contributed by atoms with Crippen molar-refractivity contribution in [2.45, 2.75) is 37.5 Å². The van der Waals surface area contributed by atoms with Crippen molar-refractivity contribution in [2.75, 3.05) is 33.5 Å². The van der Waals surface area contributed by atoms with Crippen LogP contribution in [0.4, 0.5) is 0 Å². The fourth-order valence-electron chi connectivity index (χ4n) is 2.26. The summed E-state index contributed by atoms with van der Waals surface area (Å²) in [4.78, 5) is 5.31. The van der Waals surface area contributed by atoms with E-state index in [0.29, 0.717) is 19.3 Å². The zero-order valence-electron chi connectivity index (χ0n) is 9.87. The van der Waals surface area contributed by atoms with E-state index in [1.54, 1.807) is 7.11 Å². The Morgan fingerprint density at radius 2 is 1.88 bits per heavy atom. The van der Waals surface area contributed by atoms with Gasteiger partial charge in [0.1, 0.15) is 0 Å². The van der Waals surface area contributed by atoms with Gasteiger partial charge in [0.15, 0.2) is 5.79 Å². The summed E-state index contributed by atoms with van der Waals surface area (Å²) in [6, 6.07) is 0.412. The fourth-order valence-corrected chi connectivity index (χ4v) is 2.26. The lowest BCUT2D eigenvalue weighted by atomic mass is 9.90. The van der Waals surface area contributed by atoms with Gasteiger partial charge < -0.3 is 14.2 Å². The Hall–Kier alpha value is -0.200. The van der Waals surface area contributed by atoms with Crippen LogP contribution in [0.5, 0.6) is 0 Å². The standard InChI is InChI=1S/C11H21NO4/c1-13-6-9-16-12-10-2-4-11(5-3-10)14-7-8-15-11/h10,12H,2-9H2,1H3. The van der Waals surface area contributed by atoms with Gasteiger partial charge in [0.05, 0.1) is 26.4 Å². The molecule has 0 amide bonds. The van der Waals surface area contributed by atoms with Gasteiger partial charge in [-0.25, -0.2) is 0 Å². The van der Waals surface area contributed by atoms with Crippen molar-refractivity contribution in [1.82, 2.24) is 5.48 Å². The molecule has 2 rings (SSSR count). The van der Waals surface area contributed by atoms with Crippen LogP contribution in [0.1, 0.15) is 25.7 Å². The molecule has 1 aliphatic heterocycles. The third-order valence-corrected chi connectivity index (χ3v) is 3.20. The molecule has 94 valence electrons. The lowest BCUT2D eigenvalue weighted by Crippen LogP contribution is -2.42. The van der Waals surface area contributed by atoms with E-state index in [-0.39, 0.29) is 5.79 Å². The molecule has 0 bridgehead atoms. The van der Waals surface area contributed by atoms with Gasteiger partial charge in [0, 0.05) is 26.0 Å². The van der Waals surface area contributed by atoms with Crippen molar-refractivity contribution >= 4 is 0 Å². The second-order valence-corrected chi connectivity index (χ2v) is 4.34. The monoisotopic (exact) mass is 231 g/mol. The van der Waals surface area contributed by atoms with Crippen molar-refractivity contribution in [3.8, 4) is 0 Å². The van der Waals surface area contributed by atoms with Crippen molar-refractivity contribution in [3.05, 3.63) is 0 Å². The Bertz CT molecular complexity index is 196. The number of hydrogen-bond acceptors (Lipinski definition) is 5. The fraction of sp³-hybridized carbons (Fsp3) is 1.00. The van der Waals surface area contributed by atoms with Crippen LogP contribution in [0.2, 0.25) is 0 Å². The van der Waals surface area contributed by atoms with E-state index in [9.17, 15) is 0 Å². The molecule has 1 aliphatic carbocycles. The van der Waals surface area contributed by atoms with E-state index in [4.69, 9.17) is 19.0 Å². The van der Waals surface area contributed by atoms with E-state index in [2.05, 4.69) is 5.48 Å². The zero-order chi connectivity index (χ0) is 11.3. The summed E-state index contributed by atoms with van der Waals surface area (Å²) in [6.07, 6.45) is 3.98. The van der Waals surface area contributed by atoms with Crippen LogP contribution in [-0.2, 0) is 19.0 Å². The first kappa shape index (κ1) is 12.3. The Labute approximate surface area is 96.3 Å². The highest BCUT2D eigenvalue weighted by Crippen LogP contribution is 2.35. The van der Waals surface area contributed by atoms with Crippen molar-refractivity contribution in [1.29, 1.82) is 0 Å². The molecule has 0 aromatic rings. The molecule has 5 nitrogen and oxygen atoms in total. The molecule has 0 aromatic heterocycles. The summed E-state index contributed by atoms with van der Waals surface area (Å²) in [7, 11) is 1.67. The van der Waals surface area contributed by atoms with Gasteiger partial charge in [0.25, 0.3) is 0 Å². The van der Waals surface area contributed by atoms with Crippen LogP contribution < -0.4 is 5.48 Å². The van der Waals surface area contributed by atoms with Crippen LogP contribution in [0.25, 0.3) is 0 Å². The SMILES string of the molecule is COCCONC1CCC2(CC1)OCCO2. The number of methoxy groups -OCH3 is 1. The lowest BCUT2D eigenvalue weighted by molar-refractivity contribution is -0.184. The van der Waals surface area contributed by atoms with Crippen LogP contribution in [-0.4, -0.2) is 45.4 Å². The molecule has 1 saturated carbocycles. The Morgan fingerprint density at radius 3 is 2.50 bits per heavy atom. The summed E-state index contributed by atoms with van der Waals surface area (Å²) in [5, 5.41) is 0. The van der Waals surface area contributed by atoms with Gasteiger partial charge in [-0.05, 0) is 12.8 Å². The number of ether oxygens (including phenoxy) is 3. The van der Waals surface area contributed by atoms with Gasteiger partial charge in [-0.2, -0.15) is 5.48 Å². The molecule has 0 atom stereocenters. The molecule has 1 N–H and O–H groups in total. The van der Waals surface area contributed by atoms with E-state index < -0.39 is 0 Å². The number of hydrogen-bond donors (Lipinski definition) is 1. The summed E-state index contributed by atoms with van der Waals surface area (Å²) in [5.74, 6) is -0.273. The molecule has 1 saturated heterocycles. The minimum atomic E-state index is -0.273. The van der Waals surface area contributed by atoms with Crippen LogP contribution in [0, 0.1) is 0 Å². The second kappa shape index (κ2) is 5.93. The average molecular weight is 231 g/mol. The third-order valence-electron chi connectivity index (χ3n) is 3.20. The predicted molar refractivity (Wildman–Crippen MR) is 57.9 cm³/mol. The second-order valence-electron chi connectivity index (χ2n) is 4.34. The largest absolute Gasteiger partial charge is 0.382 e. The molecule has 5 heteroatoms. The highest BCUT2D eigenvalue weighted by Gasteiger charge is 2.40. The topological polar surface area (TPSA) is 49.0 Å². The minimum absolute atomic E-state index is 0.273. The molecular weight excluding hydrogens is 210 g/mol. The summed E-state index contributed by atoms with van der Waals surface area (Å²) >= 11 is 0. The highest BCUT2D eigenvalue weighted by molar-refractivity contribution is 4.84. The highest BCUT2D eigenvalue weighted by atomic mass is 16.7. The van der Waals surface area contributed by atoms with Crippen molar-refractivity contribution < 1.29 is 19.0 Å². The molecule has 0 unspecified atom stereocenters. The van der Waals surface area contributed by atoms with Crippen molar-refractivity contribution in [3.63, 3.8) is 0 Å². The van der Waals surface area contributed by atoms with E-state index in [0.717, 1.165) is 38.9 Å². The van der Waals surface area contributed by atoms with Gasteiger partial charge in [-0.1, -0.05) is 0 Å². The first-order chi connectivity index (χ1) is 7.85. The molecule has 2 aliphatic rings. The molecule has 16 heavy (non-hydrogen) atoms. The quantitative estimate of drug-likeness (QED) is 0.561.